The Bertz CT molecular complexity index is 344. The second-order valence-corrected chi connectivity index (χ2v) is 5.21. The van der Waals surface area contributed by atoms with Gasteiger partial charge in [-0.2, -0.15) is 0 Å². The summed E-state index contributed by atoms with van der Waals surface area (Å²) in [4.78, 5) is 12.7. The molecule has 0 saturated heterocycles. The molecule has 0 saturated carbocycles. The van der Waals surface area contributed by atoms with E-state index in [9.17, 15) is 4.79 Å². The summed E-state index contributed by atoms with van der Waals surface area (Å²) in [6, 6.07) is 6.19. The third kappa shape index (κ3) is 1.07. The highest BCUT2D eigenvalue weighted by molar-refractivity contribution is 7.97. The van der Waals surface area contributed by atoms with Gasteiger partial charge < -0.3 is 0 Å². The monoisotopic (exact) mass is 179 g/mol. The highest BCUT2D eigenvalue weighted by Gasteiger charge is 2.34. The first-order valence-corrected chi connectivity index (χ1v) is 5.75. The summed E-state index contributed by atoms with van der Waals surface area (Å²) in [7, 11) is 0.164. The first-order chi connectivity index (χ1) is 5.68. The van der Waals surface area contributed by atoms with Gasteiger partial charge in [0.05, 0.1) is 5.56 Å². The highest BCUT2D eigenvalue weighted by atomic mass is 32.2. The topological polar surface area (TPSA) is 17.1 Å². The number of benzene rings is 1. The van der Waals surface area contributed by atoms with Gasteiger partial charge in [-0.15, -0.1) is 0 Å². The van der Waals surface area contributed by atoms with Crippen molar-refractivity contribution in [1.29, 1.82) is 0 Å². The molecule has 1 aromatic rings. The maximum Gasteiger partial charge on any atom is 0.217 e. The molecule has 1 unspecified atom stereocenters. The molecule has 2 rings (SSSR count). The van der Waals surface area contributed by atoms with Crippen LogP contribution in [0.3, 0.4) is 0 Å². The minimum Gasteiger partial charge on any atom is -0.289 e. The Hall–Kier alpha value is -0.760. The number of hydrogen-bond donors (Lipinski definition) is 0. The third-order valence-corrected chi connectivity index (χ3v) is 3.96. The van der Waals surface area contributed by atoms with Crippen molar-refractivity contribution in [3.8, 4) is 0 Å². The zero-order valence-corrected chi connectivity index (χ0v) is 8.07. The average molecular weight is 179 g/mol. The number of ketones is 1. The number of hydrogen-bond acceptors (Lipinski definition) is 1. The number of carbonyl (C=O) groups is 1. The summed E-state index contributed by atoms with van der Waals surface area (Å²) in [6.07, 6.45) is 2.14. The van der Waals surface area contributed by atoms with Gasteiger partial charge >= 0.3 is 0 Å². The molecule has 62 valence electrons. The van der Waals surface area contributed by atoms with Crippen molar-refractivity contribution in [3.63, 3.8) is 0 Å². The molecule has 0 radical (unpaired) electrons. The molecule has 0 N–H and O–H groups in total. The lowest BCUT2D eigenvalue weighted by Gasteiger charge is -1.94. The molecule has 0 spiro atoms. The molecule has 1 aliphatic rings. The summed E-state index contributed by atoms with van der Waals surface area (Å²) in [5.74, 6) is 1.04. The Morgan fingerprint density at radius 3 is 2.92 bits per heavy atom. The van der Waals surface area contributed by atoms with E-state index in [1.807, 2.05) is 13.0 Å². The van der Waals surface area contributed by atoms with E-state index in [4.69, 9.17) is 0 Å². The van der Waals surface area contributed by atoms with Crippen molar-refractivity contribution in [2.45, 2.75) is 11.8 Å². The van der Waals surface area contributed by atoms with Crippen LogP contribution < -0.4 is 0 Å². The largest absolute Gasteiger partial charge is 0.289 e. The normalized spacial score (nSPS) is 21.2. The molecule has 1 nitrogen and oxygen atoms in total. The molecule has 0 aromatic heterocycles. The minimum absolute atomic E-state index is 0.164. The third-order valence-electron chi connectivity index (χ3n) is 2.16. The van der Waals surface area contributed by atoms with Gasteiger partial charge in [-0.3, -0.25) is 4.79 Å². The molecule has 1 aliphatic heterocycles. The molecule has 0 aliphatic carbocycles. The van der Waals surface area contributed by atoms with Crippen LogP contribution in [0, 0.1) is 6.92 Å². The van der Waals surface area contributed by atoms with Crippen molar-refractivity contribution in [1.82, 2.24) is 0 Å². The van der Waals surface area contributed by atoms with E-state index in [-0.39, 0.29) is 10.9 Å². The average Bonchev–Trinajstić information content (AvgIpc) is 2.28. The minimum atomic E-state index is 0.164. The lowest BCUT2D eigenvalue weighted by molar-refractivity contribution is 0.102. The van der Waals surface area contributed by atoms with Crippen molar-refractivity contribution in [2.24, 2.45) is 0 Å². The molecule has 1 aromatic carbocycles. The molecule has 2 heteroatoms. The Kier molecular flexibility index (Phi) is 1.72. The van der Waals surface area contributed by atoms with Crippen LogP contribution in [0.4, 0.5) is 0 Å². The van der Waals surface area contributed by atoms with Crippen LogP contribution in [-0.4, -0.2) is 17.8 Å². The summed E-state index contributed by atoms with van der Waals surface area (Å²) in [5, 5.41) is 0. The Labute approximate surface area is 75.1 Å². The molecule has 1 heterocycles. The van der Waals surface area contributed by atoms with Crippen molar-refractivity contribution >= 4 is 16.7 Å². The first kappa shape index (κ1) is 7.87. The van der Waals surface area contributed by atoms with Crippen LogP contribution in [0.2, 0.25) is 0 Å². The first-order valence-electron chi connectivity index (χ1n) is 3.95. The zero-order valence-electron chi connectivity index (χ0n) is 7.26. The fraction of sp³-hybridized carbons (Fsp3) is 0.300. The van der Waals surface area contributed by atoms with Crippen LogP contribution in [0.15, 0.2) is 23.1 Å². The zero-order chi connectivity index (χ0) is 8.72. The predicted octanol–water partition coefficient (Wildman–Crippen LogP) is 1.80. The smallest absolute Gasteiger partial charge is 0.217 e. The van der Waals surface area contributed by atoms with E-state index in [1.54, 1.807) is 0 Å². The van der Waals surface area contributed by atoms with Gasteiger partial charge in [-0.25, -0.2) is 0 Å². The van der Waals surface area contributed by atoms with Crippen molar-refractivity contribution < 1.29 is 4.79 Å². The summed E-state index contributed by atoms with van der Waals surface area (Å²) in [5.41, 5.74) is 2.14. The van der Waals surface area contributed by atoms with Gasteiger partial charge in [0, 0.05) is 10.9 Å². The molecule has 0 fully saturated rings. The Balaban J connectivity index is 2.60. The maximum atomic E-state index is 11.4. The van der Waals surface area contributed by atoms with Gasteiger partial charge in [0.1, 0.15) is 6.26 Å². The Morgan fingerprint density at radius 2 is 2.17 bits per heavy atom. The molecule has 0 bridgehead atoms. The molecule has 1 atom stereocenters. The standard InChI is InChI=1S/C10H11OS/c1-7-3-4-10-8(5-7)9(11)6-12(10)2/h3-5H,6H2,1-2H3/q+1. The van der Waals surface area contributed by atoms with Gasteiger partial charge in [0.25, 0.3) is 0 Å². The number of fused-ring (bicyclic) bond motifs is 1. The van der Waals surface area contributed by atoms with E-state index in [2.05, 4.69) is 18.4 Å². The van der Waals surface area contributed by atoms with Gasteiger partial charge in [-0.05, 0) is 19.1 Å². The van der Waals surface area contributed by atoms with E-state index in [0.717, 1.165) is 11.3 Å². The fourth-order valence-electron chi connectivity index (χ4n) is 1.52. The number of aryl methyl sites for hydroxylation is 1. The molecular formula is C10H11OS+. The highest BCUT2D eigenvalue weighted by Crippen LogP contribution is 2.26. The van der Waals surface area contributed by atoms with E-state index < -0.39 is 0 Å². The van der Waals surface area contributed by atoms with Crippen LogP contribution >= 0.6 is 0 Å². The fourth-order valence-corrected chi connectivity index (χ4v) is 3.07. The van der Waals surface area contributed by atoms with Crippen LogP contribution in [0.5, 0.6) is 0 Å². The van der Waals surface area contributed by atoms with Gasteiger partial charge in [0.15, 0.2) is 10.6 Å². The SMILES string of the molecule is Cc1ccc2c(c1)C(=O)C[S+]2C. The second-order valence-electron chi connectivity index (χ2n) is 3.20. The maximum absolute atomic E-state index is 11.4. The van der Waals surface area contributed by atoms with Crippen LogP contribution in [0.1, 0.15) is 15.9 Å². The van der Waals surface area contributed by atoms with E-state index in [1.165, 1.54) is 10.5 Å². The molecule has 12 heavy (non-hydrogen) atoms. The second kappa shape index (κ2) is 2.63. The van der Waals surface area contributed by atoms with Crippen molar-refractivity contribution in [3.05, 3.63) is 29.3 Å². The summed E-state index contributed by atoms with van der Waals surface area (Å²) >= 11 is 0. The quantitative estimate of drug-likeness (QED) is 0.555. The Morgan fingerprint density at radius 1 is 1.42 bits per heavy atom. The van der Waals surface area contributed by atoms with Crippen LogP contribution in [-0.2, 0) is 10.9 Å². The number of carbonyl (C=O) groups excluding carboxylic acids is 1. The molecule has 0 amide bonds. The van der Waals surface area contributed by atoms with E-state index >= 15 is 0 Å². The lowest BCUT2D eigenvalue weighted by atomic mass is 10.1. The van der Waals surface area contributed by atoms with Crippen molar-refractivity contribution in [2.75, 3.05) is 12.0 Å². The van der Waals surface area contributed by atoms with Gasteiger partial charge in [0.2, 0.25) is 5.78 Å². The summed E-state index contributed by atoms with van der Waals surface area (Å²) in [6.45, 7) is 2.03. The van der Waals surface area contributed by atoms with Crippen LogP contribution in [0.25, 0.3) is 0 Å². The lowest BCUT2D eigenvalue weighted by Crippen LogP contribution is -2.01. The number of rotatable bonds is 0. The molecular weight excluding hydrogens is 168 g/mol. The number of Topliss-reactive ketones (excluding diaryl/α,β-unsaturated/α-hetero) is 1. The predicted molar refractivity (Wildman–Crippen MR) is 51.9 cm³/mol. The summed E-state index contributed by atoms with van der Waals surface area (Å²) < 4.78 is 0. The van der Waals surface area contributed by atoms with E-state index in [0.29, 0.717) is 5.78 Å². The van der Waals surface area contributed by atoms with Gasteiger partial charge in [-0.1, -0.05) is 11.6 Å².